The van der Waals surface area contributed by atoms with Crippen molar-refractivity contribution in [2.45, 2.75) is 13.8 Å². The van der Waals surface area contributed by atoms with Crippen LogP contribution in [-0.4, -0.2) is 39.8 Å². The smallest absolute Gasteiger partial charge is 0.358 e. The monoisotopic (exact) mass is 339 g/mol. The highest BCUT2D eigenvalue weighted by atomic mass is 16.5. The number of rotatable bonds is 5. The lowest BCUT2D eigenvalue weighted by atomic mass is 10.2. The quantitative estimate of drug-likeness (QED) is 0.665. The predicted molar refractivity (Wildman–Crippen MR) is 90.3 cm³/mol. The normalized spacial score (nSPS) is 10.6. The van der Waals surface area contributed by atoms with E-state index in [4.69, 9.17) is 9.47 Å². The summed E-state index contributed by atoms with van der Waals surface area (Å²) in [5.74, 6) is -1.29. The van der Waals surface area contributed by atoms with Crippen molar-refractivity contribution in [1.82, 2.24) is 14.6 Å². The van der Waals surface area contributed by atoms with Gasteiger partial charge in [0, 0.05) is 17.8 Å². The molecule has 7 heteroatoms. The third-order valence-electron chi connectivity index (χ3n) is 3.52. The molecule has 0 N–H and O–H groups in total. The van der Waals surface area contributed by atoms with Crippen molar-refractivity contribution < 1.29 is 19.1 Å². The zero-order valence-electron chi connectivity index (χ0n) is 13.9. The second kappa shape index (κ2) is 7.12. The number of carbonyl (C=O) groups excluding carboxylic acids is 2. The largest absolute Gasteiger partial charge is 0.462 e. The number of carbonyl (C=O) groups is 2. The van der Waals surface area contributed by atoms with E-state index >= 15 is 0 Å². The van der Waals surface area contributed by atoms with Crippen molar-refractivity contribution >= 4 is 17.6 Å². The van der Waals surface area contributed by atoms with Crippen LogP contribution < -0.4 is 0 Å². The van der Waals surface area contributed by atoms with Crippen LogP contribution in [0.25, 0.3) is 16.9 Å². The van der Waals surface area contributed by atoms with E-state index in [0.29, 0.717) is 11.3 Å². The number of benzene rings is 1. The summed E-state index contributed by atoms with van der Waals surface area (Å²) in [7, 11) is 0. The first-order valence-corrected chi connectivity index (χ1v) is 7.94. The molecule has 0 amide bonds. The number of nitrogens with zero attached hydrogens (tertiary/aromatic N) is 3. The Morgan fingerprint density at radius 1 is 1.04 bits per heavy atom. The fourth-order valence-corrected chi connectivity index (χ4v) is 2.44. The minimum atomic E-state index is -0.652. The van der Waals surface area contributed by atoms with E-state index in [0.717, 1.165) is 5.56 Å². The van der Waals surface area contributed by atoms with Crippen molar-refractivity contribution in [2.24, 2.45) is 0 Å². The fourth-order valence-electron chi connectivity index (χ4n) is 2.44. The van der Waals surface area contributed by atoms with Crippen LogP contribution in [0.3, 0.4) is 0 Å². The van der Waals surface area contributed by atoms with E-state index in [1.807, 2.05) is 30.3 Å². The Morgan fingerprint density at radius 3 is 2.40 bits per heavy atom. The second-order valence-electron chi connectivity index (χ2n) is 5.13. The molecule has 3 rings (SSSR count). The van der Waals surface area contributed by atoms with Gasteiger partial charge in [0.05, 0.1) is 18.9 Å². The summed E-state index contributed by atoms with van der Waals surface area (Å²) in [5.41, 5.74) is 1.98. The molecule has 0 radical (unpaired) electrons. The molecule has 0 bridgehead atoms. The summed E-state index contributed by atoms with van der Waals surface area (Å²) in [6.07, 6.45) is 1.32. The number of ether oxygens (including phenoxy) is 2. The highest BCUT2D eigenvalue weighted by molar-refractivity contribution is 6.02. The molecule has 7 nitrogen and oxygen atoms in total. The molecule has 0 aliphatic carbocycles. The zero-order chi connectivity index (χ0) is 17.8. The van der Waals surface area contributed by atoms with Gasteiger partial charge >= 0.3 is 11.9 Å². The molecular weight excluding hydrogens is 322 g/mol. The van der Waals surface area contributed by atoms with Gasteiger partial charge in [0.2, 0.25) is 0 Å². The Morgan fingerprint density at radius 2 is 1.72 bits per heavy atom. The molecule has 1 aromatic carbocycles. The van der Waals surface area contributed by atoms with Gasteiger partial charge in [0.1, 0.15) is 5.56 Å². The van der Waals surface area contributed by atoms with Crippen molar-refractivity contribution in [3.63, 3.8) is 0 Å². The minimum Gasteiger partial charge on any atom is -0.462 e. The number of hydrogen-bond donors (Lipinski definition) is 0. The lowest BCUT2D eigenvalue weighted by Crippen LogP contribution is -2.19. The highest BCUT2D eigenvalue weighted by Gasteiger charge is 2.25. The van der Waals surface area contributed by atoms with E-state index in [9.17, 15) is 9.59 Å². The standard InChI is InChI=1S/C18H17N3O4/c1-3-24-17(22)13-11-19-15-10-14(12-8-6-5-7-9-12)20-21(15)16(13)18(23)25-4-2/h5-11H,3-4H2,1-2H3. The molecule has 25 heavy (non-hydrogen) atoms. The van der Waals surface area contributed by atoms with Gasteiger partial charge in [-0.1, -0.05) is 30.3 Å². The van der Waals surface area contributed by atoms with Crippen LogP contribution in [-0.2, 0) is 9.47 Å². The van der Waals surface area contributed by atoms with Crippen molar-refractivity contribution in [1.29, 1.82) is 0 Å². The number of aromatic nitrogens is 3. The topological polar surface area (TPSA) is 82.8 Å². The van der Waals surface area contributed by atoms with Crippen molar-refractivity contribution in [3.05, 3.63) is 53.9 Å². The van der Waals surface area contributed by atoms with Crippen LogP contribution >= 0.6 is 0 Å². The molecule has 0 saturated carbocycles. The SMILES string of the molecule is CCOC(=O)c1cnc2cc(-c3ccccc3)nn2c1C(=O)OCC. The van der Waals surface area contributed by atoms with Crippen molar-refractivity contribution in [3.8, 4) is 11.3 Å². The second-order valence-corrected chi connectivity index (χ2v) is 5.13. The molecule has 0 aliphatic heterocycles. The van der Waals surface area contributed by atoms with Gasteiger partial charge in [-0.05, 0) is 13.8 Å². The molecular formula is C18H17N3O4. The average molecular weight is 339 g/mol. The maximum Gasteiger partial charge on any atom is 0.358 e. The maximum absolute atomic E-state index is 12.4. The molecule has 0 unspecified atom stereocenters. The summed E-state index contributed by atoms with van der Waals surface area (Å²) in [6.45, 7) is 3.75. The van der Waals surface area contributed by atoms with E-state index in [2.05, 4.69) is 10.1 Å². The molecule has 0 aliphatic rings. The van der Waals surface area contributed by atoms with Crippen LogP contribution in [0.4, 0.5) is 0 Å². The van der Waals surface area contributed by atoms with Gasteiger partial charge in [0.25, 0.3) is 0 Å². The van der Waals surface area contributed by atoms with E-state index < -0.39 is 11.9 Å². The molecule has 0 atom stereocenters. The van der Waals surface area contributed by atoms with Gasteiger partial charge < -0.3 is 9.47 Å². The van der Waals surface area contributed by atoms with Crippen LogP contribution in [0, 0.1) is 0 Å². The summed E-state index contributed by atoms with van der Waals surface area (Å²) >= 11 is 0. The van der Waals surface area contributed by atoms with Crippen molar-refractivity contribution in [2.75, 3.05) is 13.2 Å². The first-order valence-electron chi connectivity index (χ1n) is 7.94. The summed E-state index contributed by atoms with van der Waals surface area (Å²) in [5, 5.41) is 4.43. The molecule has 2 aromatic heterocycles. The summed E-state index contributed by atoms with van der Waals surface area (Å²) in [4.78, 5) is 28.8. The third-order valence-corrected chi connectivity index (χ3v) is 3.52. The summed E-state index contributed by atoms with van der Waals surface area (Å²) in [6, 6.07) is 11.2. The minimum absolute atomic E-state index is 0.00693. The Kier molecular flexibility index (Phi) is 4.74. The van der Waals surface area contributed by atoms with Crippen LogP contribution in [0.5, 0.6) is 0 Å². The van der Waals surface area contributed by atoms with Crippen LogP contribution in [0.2, 0.25) is 0 Å². The Balaban J connectivity index is 2.19. The van der Waals surface area contributed by atoms with E-state index in [1.165, 1.54) is 10.7 Å². The number of hydrogen-bond acceptors (Lipinski definition) is 6. The Bertz CT molecular complexity index is 919. The molecule has 3 aromatic rings. The van der Waals surface area contributed by atoms with E-state index in [1.54, 1.807) is 19.9 Å². The third kappa shape index (κ3) is 3.21. The molecule has 0 saturated heterocycles. The number of fused-ring (bicyclic) bond motifs is 1. The first kappa shape index (κ1) is 16.6. The molecule has 0 fully saturated rings. The lowest BCUT2D eigenvalue weighted by molar-refractivity contribution is 0.0470. The molecule has 2 heterocycles. The average Bonchev–Trinajstić information content (AvgIpc) is 3.06. The van der Waals surface area contributed by atoms with Gasteiger partial charge in [-0.2, -0.15) is 5.10 Å². The number of esters is 2. The van der Waals surface area contributed by atoms with Gasteiger partial charge in [-0.15, -0.1) is 0 Å². The van der Waals surface area contributed by atoms with Gasteiger partial charge in [-0.3, -0.25) is 0 Å². The first-order chi connectivity index (χ1) is 12.2. The maximum atomic E-state index is 12.4. The fraction of sp³-hybridized carbons (Fsp3) is 0.222. The Hall–Kier alpha value is -3.22. The lowest BCUT2D eigenvalue weighted by Gasteiger charge is -2.09. The van der Waals surface area contributed by atoms with Crippen LogP contribution in [0.15, 0.2) is 42.6 Å². The van der Waals surface area contributed by atoms with Gasteiger partial charge in [-0.25, -0.2) is 19.1 Å². The predicted octanol–water partition coefficient (Wildman–Crippen LogP) is 2.75. The van der Waals surface area contributed by atoms with E-state index in [-0.39, 0.29) is 24.5 Å². The van der Waals surface area contributed by atoms with Gasteiger partial charge in [0.15, 0.2) is 11.3 Å². The molecule has 0 spiro atoms. The zero-order valence-corrected chi connectivity index (χ0v) is 13.9. The highest BCUT2D eigenvalue weighted by Crippen LogP contribution is 2.21. The molecule has 128 valence electrons. The van der Waals surface area contributed by atoms with Crippen LogP contribution in [0.1, 0.15) is 34.7 Å². The Labute approximate surface area is 144 Å². The summed E-state index contributed by atoms with van der Waals surface area (Å²) < 4.78 is 11.4.